The highest BCUT2D eigenvalue weighted by Gasteiger charge is 2.34. The molecule has 0 amide bonds. The molecule has 2 N–H and O–H groups in total. The average Bonchev–Trinajstić information content (AvgIpc) is 2.83. The van der Waals surface area contributed by atoms with Gasteiger partial charge >= 0.3 is 5.97 Å². The quantitative estimate of drug-likeness (QED) is 0.337. The molecular formula is C27H39N3O4S. The third-order valence-corrected chi connectivity index (χ3v) is 8.07. The Hall–Kier alpha value is -2.42. The van der Waals surface area contributed by atoms with E-state index in [1.807, 2.05) is 30.3 Å². The standard InChI is InChI=1S/C27H39N3O4S/c1-4-34-26(31)27(2,3)29-35(32,33)25-13-11-22(12-14-25)21-23-15-19-30(20-16-23)18-8-17-28-24-9-6-5-7-10-24/h5-7,9-14,23,28-29H,4,8,15-21H2,1-3H3. The molecule has 1 fully saturated rings. The zero-order chi connectivity index (χ0) is 25.3. The number of anilines is 1. The van der Waals surface area contributed by atoms with Gasteiger partial charge < -0.3 is 15.0 Å². The molecule has 0 bridgehead atoms. The van der Waals surface area contributed by atoms with Crippen LogP contribution in [0.3, 0.4) is 0 Å². The first-order valence-electron chi connectivity index (χ1n) is 12.5. The first-order valence-corrected chi connectivity index (χ1v) is 14.0. The van der Waals surface area contributed by atoms with E-state index < -0.39 is 21.5 Å². The van der Waals surface area contributed by atoms with Crippen molar-refractivity contribution >= 4 is 21.7 Å². The Bertz CT molecular complexity index is 1030. The van der Waals surface area contributed by atoms with E-state index >= 15 is 0 Å². The molecular weight excluding hydrogens is 462 g/mol. The molecule has 2 aromatic rings. The van der Waals surface area contributed by atoms with Crippen LogP contribution in [0.15, 0.2) is 59.5 Å². The van der Waals surface area contributed by atoms with E-state index in [9.17, 15) is 13.2 Å². The van der Waals surface area contributed by atoms with Crippen molar-refractivity contribution in [2.24, 2.45) is 5.92 Å². The van der Waals surface area contributed by atoms with Crippen LogP contribution in [0.25, 0.3) is 0 Å². The molecule has 0 aromatic heterocycles. The van der Waals surface area contributed by atoms with Gasteiger partial charge in [0.05, 0.1) is 11.5 Å². The van der Waals surface area contributed by atoms with Gasteiger partial charge in [-0.2, -0.15) is 4.72 Å². The Morgan fingerprint density at radius 1 is 1.06 bits per heavy atom. The molecule has 0 aliphatic carbocycles. The lowest BCUT2D eigenvalue weighted by molar-refractivity contribution is -0.148. The maximum Gasteiger partial charge on any atom is 0.326 e. The summed E-state index contributed by atoms with van der Waals surface area (Å²) in [5.74, 6) is 0.0102. The maximum absolute atomic E-state index is 12.8. The number of nitrogens with zero attached hydrogens (tertiary/aromatic N) is 1. The van der Waals surface area contributed by atoms with Crippen molar-refractivity contribution in [3.8, 4) is 0 Å². The molecule has 0 spiro atoms. The first-order chi connectivity index (χ1) is 16.7. The van der Waals surface area contributed by atoms with Crippen molar-refractivity contribution < 1.29 is 17.9 Å². The van der Waals surface area contributed by atoms with E-state index in [-0.39, 0.29) is 11.5 Å². The topological polar surface area (TPSA) is 87.7 Å². The number of carbonyl (C=O) groups excluding carboxylic acids is 1. The third kappa shape index (κ3) is 8.33. The largest absolute Gasteiger partial charge is 0.465 e. The summed E-state index contributed by atoms with van der Waals surface area (Å²) in [6.07, 6.45) is 4.38. The molecule has 35 heavy (non-hydrogen) atoms. The molecule has 0 radical (unpaired) electrons. The number of ether oxygens (including phenoxy) is 1. The number of carbonyl (C=O) groups is 1. The van der Waals surface area contributed by atoms with Crippen molar-refractivity contribution in [1.82, 2.24) is 9.62 Å². The third-order valence-electron chi connectivity index (χ3n) is 6.39. The van der Waals surface area contributed by atoms with Crippen LogP contribution in [-0.4, -0.2) is 57.6 Å². The van der Waals surface area contributed by atoms with Crippen molar-refractivity contribution in [3.63, 3.8) is 0 Å². The number of likely N-dealkylation sites (tertiary alicyclic amines) is 1. The van der Waals surface area contributed by atoms with Crippen LogP contribution in [-0.2, 0) is 26.0 Å². The van der Waals surface area contributed by atoms with E-state index in [1.54, 1.807) is 19.1 Å². The first kappa shape index (κ1) is 27.2. The summed E-state index contributed by atoms with van der Waals surface area (Å²) in [5.41, 5.74) is 0.974. The van der Waals surface area contributed by atoms with Crippen LogP contribution in [0.2, 0.25) is 0 Å². The molecule has 0 saturated carbocycles. The molecule has 0 unspecified atom stereocenters. The lowest BCUT2D eigenvalue weighted by Gasteiger charge is -2.32. The van der Waals surface area contributed by atoms with Gasteiger partial charge in [0.25, 0.3) is 0 Å². The Kier molecular flexibility index (Phi) is 9.71. The van der Waals surface area contributed by atoms with Crippen LogP contribution in [0.5, 0.6) is 0 Å². The highest BCUT2D eigenvalue weighted by atomic mass is 32.2. The fourth-order valence-corrected chi connectivity index (χ4v) is 5.76. The number of hydrogen-bond donors (Lipinski definition) is 2. The summed E-state index contributed by atoms with van der Waals surface area (Å²) < 4.78 is 32.9. The fraction of sp³-hybridized carbons (Fsp3) is 0.519. The van der Waals surface area contributed by atoms with Gasteiger partial charge in [0.15, 0.2) is 0 Å². The molecule has 0 atom stereocenters. The number of piperidine rings is 1. The van der Waals surface area contributed by atoms with Gasteiger partial charge in [-0.1, -0.05) is 30.3 Å². The van der Waals surface area contributed by atoms with Crippen LogP contribution in [0.4, 0.5) is 5.69 Å². The SMILES string of the molecule is CCOC(=O)C(C)(C)NS(=O)(=O)c1ccc(CC2CCN(CCCNc3ccccc3)CC2)cc1. The Morgan fingerprint density at radius 2 is 1.71 bits per heavy atom. The van der Waals surface area contributed by atoms with E-state index in [0.717, 1.165) is 57.4 Å². The number of sulfonamides is 1. The summed E-state index contributed by atoms with van der Waals surface area (Å²) in [4.78, 5) is 14.7. The summed E-state index contributed by atoms with van der Waals surface area (Å²) in [5, 5.41) is 3.47. The predicted molar refractivity (Wildman–Crippen MR) is 140 cm³/mol. The zero-order valence-electron chi connectivity index (χ0n) is 21.1. The van der Waals surface area contributed by atoms with Crippen LogP contribution < -0.4 is 10.0 Å². The smallest absolute Gasteiger partial charge is 0.326 e. The summed E-state index contributed by atoms with van der Waals surface area (Å²) in [7, 11) is -3.83. The van der Waals surface area contributed by atoms with Crippen LogP contribution >= 0.6 is 0 Å². The second-order valence-electron chi connectivity index (χ2n) is 9.73. The molecule has 1 heterocycles. The molecule has 8 heteroatoms. The van der Waals surface area contributed by atoms with Crippen LogP contribution in [0.1, 0.15) is 45.6 Å². The maximum atomic E-state index is 12.8. The normalized spacial score (nSPS) is 15.6. The molecule has 3 rings (SSSR count). The second kappa shape index (κ2) is 12.5. The minimum atomic E-state index is -3.83. The fourth-order valence-electron chi connectivity index (χ4n) is 4.39. The molecule has 1 aliphatic heterocycles. The van der Waals surface area contributed by atoms with E-state index in [0.29, 0.717) is 5.92 Å². The van der Waals surface area contributed by atoms with Crippen molar-refractivity contribution in [3.05, 3.63) is 60.2 Å². The number of benzene rings is 2. The van der Waals surface area contributed by atoms with Gasteiger partial charge in [-0.3, -0.25) is 4.79 Å². The zero-order valence-corrected chi connectivity index (χ0v) is 21.9. The monoisotopic (exact) mass is 501 g/mol. The van der Waals surface area contributed by atoms with Crippen molar-refractivity contribution in [2.45, 2.75) is 56.9 Å². The summed E-state index contributed by atoms with van der Waals surface area (Å²) >= 11 is 0. The van der Waals surface area contributed by atoms with Gasteiger partial charge in [-0.15, -0.1) is 0 Å². The van der Waals surface area contributed by atoms with E-state index in [1.165, 1.54) is 19.5 Å². The molecule has 1 aliphatic rings. The number of hydrogen-bond acceptors (Lipinski definition) is 6. The Morgan fingerprint density at radius 3 is 2.34 bits per heavy atom. The predicted octanol–water partition coefficient (Wildman–Crippen LogP) is 4.06. The molecule has 2 aromatic carbocycles. The second-order valence-corrected chi connectivity index (χ2v) is 11.4. The Labute approximate surface area is 210 Å². The van der Waals surface area contributed by atoms with Gasteiger partial charge in [0.2, 0.25) is 10.0 Å². The number of esters is 1. The van der Waals surface area contributed by atoms with Crippen molar-refractivity contribution in [2.75, 3.05) is 38.1 Å². The lowest BCUT2D eigenvalue weighted by atomic mass is 9.90. The highest BCUT2D eigenvalue weighted by Crippen LogP contribution is 2.23. The van der Waals surface area contributed by atoms with Crippen LogP contribution in [0, 0.1) is 5.92 Å². The average molecular weight is 502 g/mol. The summed E-state index contributed by atoms with van der Waals surface area (Å²) in [6.45, 7) is 9.19. The van der Waals surface area contributed by atoms with E-state index in [4.69, 9.17) is 4.74 Å². The molecule has 7 nitrogen and oxygen atoms in total. The van der Waals surface area contributed by atoms with E-state index in [2.05, 4.69) is 27.1 Å². The number of para-hydroxylation sites is 1. The Balaban J connectivity index is 1.42. The lowest BCUT2D eigenvalue weighted by Crippen LogP contribution is -2.50. The van der Waals surface area contributed by atoms with Gasteiger partial charge in [0, 0.05) is 12.2 Å². The van der Waals surface area contributed by atoms with Crippen molar-refractivity contribution in [1.29, 1.82) is 0 Å². The minimum absolute atomic E-state index is 0.151. The number of nitrogens with one attached hydrogen (secondary N) is 2. The molecule has 192 valence electrons. The van der Waals surface area contributed by atoms with Gasteiger partial charge in [0.1, 0.15) is 5.54 Å². The van der Waals surface area contributed by atoms with Gasteiger partial charge in [-0.25, -0.2) is 8.42 Å². The highest BCUT2D eigenvalue weighted by molar-refractivity contribution is 7.89. The summed E-state index contributed by atoms with van der Waals surface area (Å²) in [6, 6.07) is 17.3. The minimum Gasteiger partial charge on any atom is -0.465 e. The van der Waals surface area contributed by atoms with Gasteiger partial charge in [-0.05, 0) is 102 Å². The molecule has 1 saturated heterocycles. The number of rotatable bonds is 12.